The smallest absolute Gasteiger partial charge is 0.351 e. The molecule has 0 aromatic heterocycles. The van der Waals surface area contributed by atoms with Gasteiger partial charge in [0.15, 0.2) is 0 Å². The Morgan fingerprint density at radius 1 is 0.667 bits per heavy atom. The van der Waals surface area contributed by atoms with E-state index in [0.717, 1.165) is 58.9 Å². The standard InChI is InChI=1S/C61H93ClF3N11O11/c1-13-37(4)51-58(86)72(9)34-49(79)70(7)35-50(80)74(11)46(32-40-20-15-14-16-21-40)57(85)71(8)33-47(77)67-44(26-24-41-23-25-42(43(62)31-41)61(63,64)65)56(84)76-29-19-22-45(76)54(82)69-60(27-17-18-28-60)59(87)75(12)52(36(2)3)55(83)66-38(5)30-48(78)73(10)39(6)53(81)68-51/h23,25,31,36-40,44-46,51-52H,13-22,24,26-30,32-35H2,1-12H3,(H,66,83)(H,67,77)(H,68,81)(H,69,82)/t37-,38+,39-,44-,45?,46-,51-,52-/m0/s1. The zero-order valence-electron chi connectivity index (χ0n) is 52.8. The lowest BCUT2D eigenvalue weighted by Gasteiger charge is -2.39. The number of benzene rings is 1. The van der Waals surface area contributed by atoms with Crippen molar-refractivity contribution in [2.45, 2.75) is 198 Å². The van der Waals surface area contributed by atoms with Gasteiger partial charge in [-0.3, -0.25) is 52.7 Å². The number of aryl methyl sites for hydroxylation is 1. The van der Waals surface area contributed by atoms with Crippen LogP contribution < -0.4 is 21.3 Å². The summed E-state index contributed by atoms with van der Waals surface area (Å²) in [4.78, 5) is 166. The molecule has 2 aliphatic heterocycles. The molecule has 486 valence electrons. The van der Waals surface area contributed by atoms with Crippen LogP contribution in [0.3, 0.4) is 0 Å². The molecule has 1 unspecified atom stereocenters. The van der Waals surface area contributed by atoms with Crippen molar-refractivity contribution in [2.75, 3.05) is 68.5 Å². The van der Waals surface area contributed by atoms with E-state index in [2.05, 4.69) is 21.3 Å². The highest BCUT2D eigenvalue weighted by Gasteiger charge is 2.49. The molecular formula is C61H93ClF3N11O11. The average Bonchev–Trinajstić information content (AvgIpc) is 2.03. The van der Waals surface area contributed by atoms with Crippen molar-refractivity contribution in [3.05, 3.63) is 34.3 Å². The van der Waals surface area contributed by atoms with Gasteiger partial charge in [-0.2, -0.15) is 13.2 Å². The van der Waals surface area contributed by atoms with Crippen molar-refractivity contribution < 1.29 is 65.9 Å². The number of likely N-dealkylation sites (N-methyl/N-ethyl adjacent to an activating group) is 6. The fourth-order valence-electron chi connectivity index (χ4n) is 12.4. The Kier molecular flexibility index (Phi) is 25.4. The zero-order valence-corrected chi connectivity index (χ0v) is 53.5. The first-order chi connectivity index (χ1) is 40.7. The second-order valence-corrected chi connectivity index (χ2v) is 25.5. The number of carbonyl (C=O) groups excluding carboxylic acids is 11. The minimum atomic E-state index is -4.74. The summed E-state index contributed by atoms with van der Waals surface area (Å²) in [6.07, 6.45) is 1.86. The fourth-order valence-corrected chi connectivity index (χ4v) is 12.7. The monoisotopic (exact) mass is 1250 g/mol. The van der Waals surface area contributed by atoms with Crippen LogP contribution >= 0.6 is 11.6 Å². The average molecular weight is 1250 g/mol. The van der Waals surface area contributed by atoms with Gasteiger partial charge in [0.25, 0.3) is 0 Å². The molecule has 4 N–H and O–H groups in total. The van der Waals surface area contributed by atoms with Crippen LogP contribution in [0.1, 0.15) is 149 Å². The van der Waals surface area contributed by atoms with Gasteiger partial charge in [0.1, 0.15) is 41.8 Å². The van der Waals surface area contributed by atoms with E-state index in [0.29, 0.717) is 31.2 Å². The maximum atomic E-state index is 14.9. The minimum absolute atomic E-state index is 0.0360. The summed E-state index contributed by atoms with van der Waals surface area (Å²) in [7, 11) is 8.45. The number of hydrogen-bond donors (Lipinski definition) is 4. The maximum Gasteiger partial charge on any atom is 0.417 e. The van der Waals surface area contributed by atoms with Gasteiger partial charge < -0.3 is 55.6 Å². The Morgan fingerprint density at radius 3 is 1.89 bits per heavy atom. The Bertz CT molecular complexity index is 2690. The van der Waals surface area contributed by atoms with Gasteiger partial charge in [-0.05, 0) is 94.2 Å². The zero-order chi connectivity index (χ0) is 65.0. The minimum Gasteiger partial charge on any atom is -0.351 e. The lowest BCUT2D eigenvalue weighted by molar-refractivity contribution is -0.149. The molecule has 22 nitrogen and oxygen atoms in total. The van der Waals surface area contributed by atoms with E-state index >= 15 is 0 Å². The first-order valence-corrected chi connectivity index (χ1v) is 31.0. The SMILES string of the molecule is CC[C@H](C)[C@@H]1NC(=O)[C@H](C)N(C)C(=O)C[C@@H](C)NC(=O)[C@H](C(C)C)N(C)C(=O)C2(CCCC2)NC(=O)C2CCCN2C(=O)[C@H](CCc2ccc(C(F)(F)F)c(Cl)c2)NC(=O)CN(C)C(=O)[C@H](CC2CCCCC2)N(C)C(=O)CN(C)C(=O)CN(C)C1=O. The van der Waals surface area contributed by atoms with E-state index in [-0.39, 0.29) is 57.4 Å². The molecule has 1 spiro atoms. The molecule has 0 bridgehead atoms. The molecule has 0 radical (unpaired) electrons. The summed E-state index contributed by atoms with van der Waals surface area (Å²) in [5.41, 5.74) is -2.24. The molecule has 2 saturated heterocycles. The molecule has 2 aliphatic carbocycles. The fraction of sp³-hybridized carbons (Fsp3) is 0.721. The summed E-state index contributed by atoms with van der Waals surface area (Å²) >= 11 is 6.10. The van der Waals surface area contributed by atoms with Crippen LogP contribution in [0, 0.1) is 17.8 Å². The Morgan fingerprint density at radius 2 is 1.29 bits per heavy atom. The number of nitrogens with one attached hydrogen (secondary N) is 4. The maximum absolute atomic E-state index is 14.9. The molecule has 1 aromatic carbocycles. The number of carbonyl (C=O) groups is 11. The molecule has 2 saturated carbocycles. The van der Waals surface area contributed by atoms with E-state index in [1.165, 1.54) is 74.9 Å². The third kappa shape index (κ3) is 18.3. The van der Waals surface area contributed by atoms with Gasteiger partial charge in [0.2, 0.25) is 65.0 Å². The molecule has 87 heavy (non-hydrogen) atoms. The number of amides is 11. The number of rotatable bonds is 8. The van der Waals surface area contributed by atoms with Gasteiger partial charge in [-0.15, -0.1) is 0 Å². The third-order valence-electron chi connectivity index (χ3n) is 18.1. The van der Waals surface area contributed by atoms with Gasteiger partial charge in [0, 0.05) is 61.3 Å². The van der Waals surface area contributed by atoms with Gasteiger partial charge in [-0.25, -0.2) is 0 Å². The summed E-state index contributed by atoms with van der Waals surface area (Å²) < 4.78 is 41.2. The van der Waals surface area contributed by atoms with E-state index in [9.17, 15) is 65.9 Å². The quantitative estimate of drug-likeness (QED) is 0.288. The van der Waals surface area contributed by atoms with Crippen molar-refractivity contribution in [2.24, 2.45) is 17.8 Å². The number of alkyl halides is 3. The van der Waals surface area contributed by atoms with E-state index in [4.69, 9.17) is 11.6 Å². The van der Waals surface area contributed by atoms with Crippen molar-refractivity contribution >= 4 is 76.6 Å². The molecule has 4 fully saturated rings. The molecule has 1 aromatic rings. The number of halogens is 4. The van der Waals surface area contributed by atoms with Crippen LogP contribution in [-0.4, -0.2) is 216 Å². The number of fused-ring (bicyclic) bond motifs is 1. The van der Waals surface area contributed by atoms with Crippen LogP contribution in [0.5, 0.6) is 0 Å². The topological polar surface area (TPSA) is 259 Å². The van der Waals surface area contributed by atoms with Crippen molar-refractivity contribution in [3.8, 4) is 0 Å². The van der Waals surface area contributed by atoms with Crippen molar-refractivity contribution in [1.29, 1.82) is 0 Å². The molecule has 8 atom stereocenters. The number of nitrogens with zero attached hydrogens (tertiary/aromatic N) is 7. The van der Waals surface area contributed by atoms with Crippen LogP contribution in [0.15, 0.2) is 18.2 Å². The Balaban J connectivity index is 1.52. The highest BCUT2D eigenvalue weighted by atomic mass is 35.5. The van der Waals surface area contributed by atoms with Gasteiger partial charge in [0.05, 0.1) is 30.2 Å². The van der Waals surface area contributed by atoms with E-state index < -0.39 is 161 Å². The molecular weight excluding hydrogens is 1160 g/mol. The van der Waals surface area contributed by atoms with Crippen LogP contribution in [0.25, 0.3) is 0 Å². The van der Waals surface area contributed by atoms with Gasteiger partial charge >= 0.3 is 6.18 Å². The molecule has 2 heterocycles. The Labute approximate surface area is 515 Å². The van der Waals surface area contributed by atoms with Crippen LogP contribution in [0.2, 0.25) is 5.02 Å². The van der Waals surface area contributed by atoms with Gasteiger partial charge in [-0.1, -0.05) is 96.7 Å². The summed E-state index contributed by atoms with van der Waals surface area (Å²) in [6, 6.07) is -4.61. The molecule has 26 heteroatoms. The van der Waals surface area contributed by atoms with E-state index in [1.54, 1.807) is 27.7 Å². The lowest BCUT2D eigenvalue weighted by atomic mass is 9.84. The first kappa shape index (κ1) is 71.2. The molecule has 5 rings (SSSR count). The van der Waals surface area contributed by atoms with Crippen molar-refractivity contribution in [1.82, 2.24) is 55.6 Å². The van der Waals surface area contributed by atoms with E-state index in [1.807, 2.05) is 6.92 Å². The highest BCUT2D eigenvalue weighted by Crippen LogP contribution is 2.37. The molecule has 4 aliphatic rings. The normalized spacial score (nSPS) is 26.7. The lowest BCUT2D eigenvalue weighted by Crippen LogP contribution is -2.64. The highest BCUT2D eigenvalue weighted by molar-refractivity contribution is 6.31. The third-order valence-corrected chi connectivity index (χ3v) is 18.4. The summed E-state index contributed by atoms with van der Waals surface area (Å²) in [6.45, 7) is 8.61. The summed E-state index contributed by atoms with van der Waals surface area (Å²) in [5.74, 6) is -7.80. The van der Waals surface area contributed by atoms with Crippen LogP contribution in [-0.2, 0) is 65.3 Å². The Hall–Kier alpha value is -6.53. The summed E-state index contributed by atoms with van der Waals surface area (Å²) in [5, 5.41) is 10.8. The second-order valence-electron chi connectivity index (χ2n) is 25.1. The predicted octanol–water partition coefficient (Wildman–Crippen LogP) is 4.14. The predicted molar refractivity (Wildman–Crippen MR) is 319 cm³/mol. The number of hydrogen-bond acceptors (Lipinski definition) is 11. The van der Waals surface area contributed by atoms with Crippen LogP contribution in [0.4, 0.5) is 13.2 Å². The largest absolute Gasteiger partial charge is 0.417 e. The second kappa shape index (κ2) is 31.1. The first-order valence-electron chi connectivity index (χ1n) is 30.6. The van der Waals surface area contributed by atoms with Crippen molar-refractivity contribution in [3.63, 3.8) is 0 Å². The molecule has 11 amide bonds.